The van der Waals surface area contributed by atoms with Crippen LogP contribution in [0.1, 0.15) is 53.4 Å². The molecular weight excluding hydrogens is 250 g/mol. The third-order valence-corrected chi connectivity index (χ3v) is 4.12. The Balaban J connectivity index is 2.03. The second kappa shape index (κ2) is 9.22. The molecule has 0 aliphatic carbocycles. The van der Waals surface area contributed by atoms with E-state index >= 15 is 0 Å². The zero-order valence-electron chi connectivity index (χ0n) is 13.7. The van der Waals surface area contributed by atoms with E-state index in [9.17, 15) is 4.79 Å². The minimum absolute atomic E-state index is 0.0282. The number of hydrogen-bond donors (Lipinski definition) is 2. The summed E-state index contributed by atoms with van der Waals surface area (Å²) in [5.74, 6) is 1.66. The van der Waals surface area contributed by atoms with Gasteiger partial charge in [-0.1, -0.05) is 20.8 Å². The van der Waals surface area contributed by atoms with Crippen molar-refractivity contribution in [2.45, 2.75) is 59.4 Å². The van der Waals surface area contributed by atoms with E-state index < -0.39 is 0 Å². The summed E-state index contributed by atoms with van der Waals surface area (Å²) in [6.45, 7) is 13.2. The van der Waals surface area contributed by atoms with Crippen molar-refractivity contribution in [2.24, 2.45) is 11.8 Å². The van der Waals surface area contributed by atoms with Gasteiger partial charge in [-0.05, 0) is 51.0 Å². The van der Waals surface area contributed by atoms with E-state index in [1.807, 2.05) is 6.92 Å². The van der Waals surface area contributed by atoms with Crippen molar-refractivity contribution < 1.29 is 4.79 Å². The Hall–Kier alpha value is -0.770. The van der Waals surface area contributed by atoms with Gasteiger partial charge in [-0.3, -0.25) is 0 Å². The molecule has 118 valence electrons. The molecule has 1 aliphatic heterocycles. The van der Waals surface area contributed by atoms with Crippen molar-refractivity contribution in [3.8, 4) is 0 Å². The molecule has 0 aromatic carbocycles. The topological polar surface area (TPSA) is 44.4 Å². The highest BCUT2D eigenvalue weighted by atomic mass is 16.2. The number of carbonyl (C=O) groups is 1. The Morgan fingerprint density at radius 2 is 1.90 bits per heavy atom. The van der Waals surface area contributed by atoms with Crippen LogP contribution in [-0.4, -0.2) is 43.2 Å². The highest BCUT2D eigenvalue weighted by Crippen LogP contribution is 2.20. The third-order valence-electron chi connectivity index (χ3n) is 4.12. The maximum atomic E-state index is 11.5. The lowest BCUT2D eigenvalue weighted by molar-refractivity contribution is 0.139. The van der Waals surface area contributed by atoms with Crippen molar-refractivity contribution in [3.05, 3.63) is 0 Å². The van der Waals surface area contributed by atoms with Gasteiger partial charge < -0.3 is 15.5 Å². The van der Waals surface area contributed by atoms with Gasteiger partial charge in [0.2, 0.25) is 0 Å². The van der Waals surface area contributed by atoms with E-state index in [0.29, 0.717) is 0 Å². The number of nitrogens with zero attached hydrogens (tertiary/aromatic N) is 1. The molecule has 0 bridgehead atoms. The second-order valence-electron chi connectivity index (χ2n) is 6.62. The van der Waals surface area contributed by atoms with Crippen molar-refractivity contribution in [2.75, 3.05) is 26.2 Å². The number of unbranched alkanes of at least 4 members (excludes halogenated alkanes) is 1. The first-order chi connectivity index (χ1) is 9.51. The molecule has 0 unspecified atom stereocenters. The number of carbonyl (C=O) groups excluding carboxylic acids is 1. The standard InChI is InChI=1S/C16H33N3O/c1-5-15(4)18-16(20)17-8-6-7-9-19-11-13(2)10-14(3)12-19/h13-15H,5-12H2,1-4H3,(H2,17,18,20)/t13-,14-,15-/m0/s1. The molecule has 0 saturated carbocycles. The quantitative estimate of drug-likeness (QED) is 0.706. The van der Waals surface area contributed by atoms with Gasteiger partial charge in [0, 0.05) is 25.7 Å². The Morgan fingerprint density at radius 3 is 2.50 bits per heavy atom. The van der Waals surface area contributed by atoms with Gasteiger partial charge in [-0.2, -0.15) is 0 Å². The third kappa shape index (κ3) is 7.13. The van der Waals surface area contributed by atoms with Gasteiger partial charge in [-0.25, -0.2) is 4.79 Å². The van der Waals surface area contributed by atoms with E-state index in [1.54, 1.807) is 0 Å². The molecule has 0 aromatic rings. The molecule has 1 fully saturated rings. The lowest BCUT2D eigenvalue weighted by atomic mass is 9.92. The molecule has 4 heteroatoms. The minimum Gasteiger partial charge on any atom is -0.338 e. The summed E-state index contributed by atoms with van der Waals surface area (Å²) in [6, 6.07) is 0.228. The van der Waals surface area contributed by atoms with Crippen LogP contribution in [0.3, 0.4) is 0 Å². The summed E-state index contributed by atoms with van der Waals surface area (Å²) in [4.78, 5) is 14.1. The molecule has 0 spiro atoms. The van der Waals surface area contributed by atoms with Crippen LogP contribution in [0.4, 0.5) is 4.79 Å². The summed E-state index contributed by atoms with van der Waals surface area (Å²) in [5, 5.41) is 5.86. The number of amides is 2. The number of nitrogens with one attached hydrogen (secondary N) is 2. The smallest absolute Gasteiger partial charge is 0.314 e. The van der Waals surface area contributed by atoms with Gasteiger partial charge in [0.15, 0.2) is 0 Å². The zero-order valence-corrected chi connectivity index (χ0v) is 13.7. The molecular formula is C16H33N3O. The Morgan fingerprint density at radius 1 is 1.25 bits per heavy atom. The highest BCUT2D eigenvalue weighted by molar-refractivity contribution is 5.74. The van der Waals surface area contributed by atoms with E-state index in [2.05, 4.69) is 36.3 Å². The second-order valence-corrected chi connectivity index (χ2v) is 6.62. The maximum absolute atomic E-state index is 11.5. The van der Waals surface area contributed by atoms with Crippen molar-refractivity contribution in [1.82, 2.24) is 15.5 Å². The van der Waals surface area contributed by atoms with Crippen molar-refractivity contribution >= 4 is 6.03 Å². The number of rotatable bonds is 7. The summed E-state index contributed by atoms with van der Waals surface area (Å²) >= 11 is 0. The number of likely N-dealkylation sites (tertiary alicyclic amines) is 1. The van der Waals surface area contributed by atoms with Gasteiger partial charge in [-0.15, -0.1) is 0 Å². The van der Waals surface area contributed by atoms with E-state index in [4.69, 9.17) is 0 Å². The van der Waals surface area contributed by atoms with Gasteiger partial charge in [0.1, 0.15) is 0 Å². The van der Waals surface area contributed by atoms with Crippen LogP contribution in [0.5, 0.6) is 0 Å². The van der Waals surface area contributed by atoms with Crippen LogP contribution in [0.2, 0.25) is 0 Å². The predicted molar refractivity (Wildman–Crippen MR) is 84.9 cm³/mol. The largest absolute Gasteiger partial charge is 0.338 e. The molecule has 3 atom stereocenters. The van der Waals surface area contributed by atoms with Crippen LogP contribution in [0.25, 0.3) is 0 Å². The van der Waals surface area contributed by atoms with Crippen molar-refractivity contribution in [1.29, 1.82) is 0 Å². The molecule has 4 nitrogen and oxygen atoms in total. The maximum Gasteiger partial charge on any atom is 0.314 e. The molecule has 0 radical (unpaired) electrons. The Kier molecular flexibility index (Phi) is 7.97. The monoisotopic (exact) mass is 283 g/mol. The summed E-state index contributed by atoms with van der Waals surface area (Å²) in [7, 11) is 0. The lowest BCUT2D eigenvalue weighted by Gasteiger charge is -2.34. The average molecular weight is 283 g/mol. The first-order valence-electron chi connectivity index (χ1n) is 8.28. The molecule has 1 heterocycles. The molecule has 1 saturated heterocycles. The highest BCUT2D eigenvalue weighted by Gasteiger charge is 2.20. The average Bonchev–Trinajstić information content (AvgIpc) is 2.37. The summed E-state index contributed by atoms with van der Waals surface area (Å²) in [6.07, 6.45) is 4.57. The zero-order chi connectivity index (χ0) is 15.0. The fourth-order valence-electron chi connectivity index (χ4n) is 3.01. The molecule has 1 aliphatic rings. The van der Waals surface area contributed by atoms with Crippen LogP contribution in [-0.2, 0) is 0 Å². The number of urea groups is 1. The Bertz CT molecular complexity index is 273. The van der Waals surface area contributed by atoms with Gasteiger partial charge in [0.25, 0.3) is 0 Å². The lowest BCUT2D eigenvalue weighted by Crippen LogP contribution is -2.41. The van der Waals surface area contributed by atoms with Crippen LogP contribution < -0.4 is 10.6 Å². The SMILES string of the molecule is CC[C@H](C)NC(=O)NCCCCN1C[C@@H](C)C[C@H](C)C1. The van der Waals surface area contributed by atoms with Crippen LogP contribution >= 0.6 is 0 Å². The fourth-order valence-corrected chi connectivity index (χ4v) is 3.01. The van der Waals surface area contributed by atoms with Crippen LogP contribution in [0, 0.1) is 11.8 Å². The summed E-state index contributed by atoms with van der Waals surface area (Å²) < 4.78 is 0. The minimum atomic E-state index is -0.0282. The molecule has 2 N–H and O–H groups in total. The number of piperidine rings is 1. The molecule has 1 rings (SSSR count). The van der Waals surface area contributed by atoms with E-state index in [-0.39, 0.29) is 12.1 Å². The predicted octanol–water partition coefficient (Wildman–Crippen LogP) is 2.84. The van der Waals surface area contributed by atoms with Gasteiger partial charge in [0.05, 0.1) is 0 Å². The van der Waals surface area contributed by atoms with E-state index in [0.717, 1.165) is 31.2 Å². The summed E-state index contributed by atoms with van der Waals surface area (Å²) in [5.41, 5.74) is 0. The first-order valence-corrected chi connectivity index (χ1v) is 8.28. The molecule has 0 aromatic heterocycles. The molecule has 20 heavy (non-hydrogen) atoms. The van der Waals surface area contributed by atoms with Crippen LogP contribution in [0.15, 0.2) is 0 Å². The normalized spacial score (nSPS) is 25.2. The molecule has 2 amide bonds. The Labute approximate surface area is 124 Å². The van der Waals surface area contributed by atoms with Crippen molar-refractivity contribution in [3.63, 3.8) is 0 Å². The first kappa shape index (κ1) is 17.3. The fraction of sp³-hybridized carbons (Fsp3) is 0.938. The van der Waals surface area contributed by atoms with Gasteiger partial charge >= 0.3 is 6.03 Å². The number of hydrogen-bond acceptors (Lipinski definition) is 2. The van der Waals surface area contributed by atoms with E-state index in [1.165, 1.54) is 32.5 Å².